The number of rotatable bonds is 4. The van der Waals surface area contributed by atoms with Gasteiger partial charge < -0.3 is 4.98 Å². The Kier molecular flexibility index (Phi) is 3.54. The van der Waals surface area contributed by atoms with Crippen LogP contribution in [0, 0.1) is 6.92 Å². The molecule has 0 atom stereocenters. The Labute approximate surface area is 139 Å². The molecule has 2 aromatic carbocycles. The average molecular weight is 318 g/mol. The molecule has 2 aromatic heterocycles. The van der Waals surface area contributed by atoms with Gasteiger partial charge in [0.25, 0.3) is 5.56 Å². The molecule has 0 aliphatic rings. The first kappa shape index (κ1) is 14.5. The van der Waals surface area contributed by atoms with Crippen LogP contribution in [-0.2, 0) is 12.8 Å². The van der Waals surface area contributed by atoms with Gasteiger partial charge in [-0.05, 0) is 37.5 Å². The van der Waals surface area contributed by atoms with E-state index in [-0.39, 0.29) is 5.56 Å². The molecule has 0 amide bonds. The molecular weight excluding hydrogens is 300 g/mol. The Balaban J connectivity index is 1.67. The SMILES string of the molecule is Cc1[nH]n(-c2nc3ccccc3[nH]2)c(=O)c1CCc1ccccc1. The maximum absolute atomic E-state index is 12.8. The lowest BCUT2D eigenvalue weighted by Crippen LogP contribution is -2.18. The quantitative estimate of drug-likeness (QED) is 0.607. The van der Waals surface area contributed by atoms with E-state index in [2.05, 4.69) is 27.2 Å². The van der Waals surface area contributed by atoms with Crippen molar-refractivity contribution in [3.05, 3.63) is 81.8 Å². The molecule has 0 bridgehead atoms. The summed E-state index contributed by atoms with van der Waals surface area (Å²) in [7, 11) is 0. The third-order valence-electron chi connectivity index (χ3n) is 4.29. The van der Waals surface area contributed by atoms with Crippen molar-refractivity contribution in [1.82, 2.24) is 19.7 Å². The van der Waals surface area contributed by atoms with E-state index in [1.807, 2.05) is 49.4 Å². The summed E-state index contributed by atoms with van der Waals surface area (Å²) >= 11 is 0. The van der Waals surface area contributed by atoms with Crippen molar-refractivity contribution < 1.29 is 0 Å². The van der Waals surface area contributed by atoms with Crippen molar-refractivity contribution in [3.63, 3.8) is 0 Å². The van der Waals surface area contributed by atoms with Crippen LogP contribution in [0.4, 0.5) is 0 Å². The minimum atomic E-state index is -0.0394. The number of nitrogens with zero attached hydrogens (tertiary/aromatic N) is 2. The number of benzene rings is 2. The maximum Gasteiger partial charge on any atom is 0.277 e. The van der Waals surface area contributed by atoms with E-state index in [1.165, 1.54) is 10.2 Å². The largest absolute Gasteiger partial charge is 0.322 e. The third-order valence-corrected chi connectivity index (χ3v) is 4.29. The molecule has 0 unspecified atom stereocenters. The zero-order valence-corrected chi connectivity index (χ0v) is 13.4. The minimum absolute atomic E-state index is 0.0394. The molecular formula is C19H18N4O. The van der Waals surface area contributed by atoms with Gasteiger partial charge in [-0.15, -0.1) is 0 Å². The van der Waals surface area contributed by atoms with Crippen molar-refractivity contribution in [3.8, 4) is 5.95 Å². The zero-order chi connectivity index (χ0) is 16.5. The topological polar surface area (TPSA) is 66.5 Å². The molecule has 0 aliphatic heterocycles. The molecule has 5 heteroatoms. The highest BCUT2D eigenvalue weighted by Crippen LogP contribution is 2.13. The number of hydrogen-bond donors (Lipinski definition) is 2. The highest BCUT2D eigenvalue weighted by molar-refractivity contribution is 5.75. The molecule has 0 fully saturated rings. The third kappa shape index (κ3) is 2.54. The molecule has 2 N–H and O–H groups in total. The van der Waals surface area contributed by atoms with Gasteiger partial charge >= 0.3 is 0 Å². The lowest BCUT2D eigenvalue weighted by molar-refractivity contribution is 0.789. The van der Waals surface area contributed by atoms with Crippen LogP contribution in [0.1, 0.15) is 16.8 Å². The van der Waals surface area contributed by atoms with Crippen LogP contribution in [-0.4, -0.2) is 19.7 Å². The number of para-hydroxylation sites is 2. The predicted octanol–water partition coefficient (Wildman–Crippen LogP) is 3.14. The Morgan fingerprint density at radius 2 is 1.75 bits per heavy atom. The number of nitrogens with one attached hydrogen (secondary N) is 2. The normalized spacial score (nSPS) is 11.2. The van der Waals surface area contributed by atoms with Gasteiger partial charge in [0.1, 0.15) is 0 Å². The Hall–Kier alpha value is -3.08. The van der Waals surface area contributed by atoms with E-state index >= 15 is 0 Å². The van der Waals surface area contributed by atoms with Crippen LogP contribution in [0.25, 0.3) is 17.0 Å². The van der Waals surface area contributed by atoms with Gasteiger partial charge in [0.05, 0.1) is 11.0 Å². The van der Waals surface area contributed by atoms with Gasteiger partial charge in [0.2, 0.25) is 5.95 Å². The standard InChI is InChI=1S/C19H18N4O/c1-13-15(12-11-14-7-3-2-4-8-14)18(24)23(22-13)19-20-16-9-5-6-10-17(16)21-19/h2-10,22H,11-12H2,1H3,(H,20,21). The summed E-state index contributed by atoms with van der Waals surface area (Å²) in [5, 5.41) is 3.14. The second kappa shape index (κ2) is 5.85. The van der Waals surface area contributed by atoms with Crippen LogP contribution in [0.15, 0.2) is 59.4 Å². The van der Waals surface area contributed by atoms with Gasteiger partial charge in [0.15, 0.2) is 0 Å². The minimum Gasteiger partial charge on any atom is -0.322 e. The van der Waals surface area contributed by atoms with E-state index in [0.29, 0.717) is 12.4 Å². The number of hydrogen-bond acceptors (Lipinski definition) is 2. The molecule has 4 rings (SSSR count). The van der Waals surface area contributed by atoms with Crippen molar-refractivity contribution in [1.29, 1.82) is 0 Å². The van der Waals surface area contributed by atoms with Crippen LogP contribution >= 0.6 is 0 Å². The number of H-pyrrole nitrogens is 2. The Bertz CT molecular complexity index is 1010. The number of imidazole rings is 1. The van der Waals surface area contributed by atoms with Gasteiger partial charge in [0, 0.05) is 11.3 Å². The molecule has 24 heavy (non-hydrogen) atoms. The first-order valence-electron chi connectivity index (χ1n) is 8.02. The molecule has 120 valence electrons. The first-order valence-corrected chi connectivity index (χ1v) is 8.02. The van der Waals surface area contributed by atoms with E-state index in [1.54, 1.807) is 0 Å². The lowest BCUT2D eigenvalue weighted by atomic mass is 10.1. The predicted molar refractivity (Wildman–Crippen MR) is 94.6 cm³/mol. The molecule has 2 heterocycles. The van der Waals surface area contributed by atoms with Crippen molar-refractivity contribution in [2.24, 2.45) is 0 Å². The van der Waals surface area contributed by atoms with Crippen LogP contribution in [0.5, 0.6) is 0 Å². The van der Waals surface area contributed by atoms with Crippen molar-refractivity contribution in [2.45, 2.75) is 19.8 Å². The van der Waals surface area contributed by atoms with Gasteiger partial charge in [-0.1, -0.05) is 42.5 Å². The lowest BCUT2D eigenvalue weighted by Gasteiger charge is -1.99. The molecule has 0 saturated heterocycles. The number of aryl methyl sites for hydroxylation is 2. The highest BCUT2D eigenvalue weighted by atomic mass is 16.1. The molecule has 5 nitrogen and oxygen atoms in total. The van der Waals surface area contributed by atoms with Crippen molar-refractivity contribution in [2.75, 3.05) is 0 Å². The summed E-state index contributed by atoms with van der Waals surface area (Å²) in [5.74, 6) is 0.523. The summed E-state index contributed by atoms with van der Waals surface area (Å²) in [6, 6.07) is 18.0. The summed E-state index contributed by atoms with van der Waals surface area (Å²) in [4.78, 5) is 20.4. The molecule has 0 saturated carbocycles. The fourth-order valence-electron chi connectivity index (χ4n) is 2.98. The zero-order valence-electron chi connectivity index (χ0n) is 13.4. The van der Waals surface area contributed by atoms with Crippen LogP contribution in [0.2, 0.25) is 0 Å². The first-order chi connectivity index (χ1) is 11.7. The van der Waals surface area contributed by atoms with Gasteiger partial charge in [-0.2, -0.15) is 4.68 Å². The molecule has 0 spiro atoms. The monoisotopic (exact) mass is 318 g/mol. The molecule has 0 radical (unpaired) electrons. The fraction of sp³-hybridized carbons (Fsp3) is 0.158. The summed E-state index contributed by atoms with van der Waals surface area (Å²) in [6.07, 6.45) is 1.55. The highest BCUT2D eigenvalue weighted by Gasteiger charge is 2.14. The molecule has 4 aromatic rings. The van der Waals surface area contributed by atoms with Crippen molar-refractivity contribution >= 4 is 11.0 Å². The van der Waals surface area contributed by atoms with E-state index in [0.717, 1.165) is 28.7 Å². The van der Waals surface area contributed by atoms with Gasteiger partial charge in [-0.3, -0.25) is 9.89 Å². The summed E-state index contributed by atoms with van der Waals surface area (Å²) < 4.78 is 1.50. The number of aromatic amines is 2. The van der Waals surface area contributed by atoms with Crippen LogP contribution < -0.4 is 5.56 Å². The second-order valence-electron chi connectivity index (χ2n) is 5.92. The fourth-order valence-corrected chi connectivity index (χ4v) is 2.98. The molecule has 0 aliphatic carbocycles. The average Bonchev–Trinajstić information content (AvgIpc) is 3.15. The van der Waals surface area contributed by atoms with E-state index in [4.69, 9.17) is 0 Å². The number of aromatic nitrogens is 4. The Morgan fingerprint density at radius 3 is 2.54 bits per heavy atom. The second-order valence-corrected chi connectivity index (χ2v) is 5.92. The number of fused-ring (bicyclic) bond motifs is 1. The van der Waals surface area contributed by atoms with Gasteiger partial charge in [-0.25, -0.2) is 4.98 Å². The smallest absolute Gasteiger partial charge is 0.277 e. The Morgan fingerprint density at radius 1 is 1.00 bits per heavy atom. The summed E-state index contributed by atoms with van der Waals surface area (Å²) in [6.45, 7) is 1.93. The van der Waals surface area contributed by atoms with E-state index in [9.17, 15) is 4.79 Å². The van der Waals surface area contributed by atoms with Crippen LogP contribution in [0.3, 0.4) is 0 Å². The maximum atomic E-state index is 12.8. The summed E-state index contributed by atoms with van der Waals surface area (Å²) in [5.41, 5.74) is 4.64. The van der Waals surface area contributed by atoms with E-state index < -0.39 is 0 Å².